The van der Waals surface area contributed by atoms with Gasteiger partial charge in [0.25, 0.3) is 5.91 Å². The highest BCUT2D eigenvalue weighted by atomic mass is 127. The summed E-state index contributed by atoms with van der Waals surface area (Å²) in [5, 5.41) is 14.5. The Labute approximate surface area is 210 Å². The van der Waals surface area contributed by atoms with E-state index in [9.17, 15) is 14.0 Å². The number of carbonyl (C=O) groups is 2. The van der Waals surface area contributed by atoms with Gasteiger partial charge >= 0.3 is 0 Å². The molecule has 1 aromatic heterocycles. The predicted molar refractivity (Wildman–Crippen MR) is 136 cm³/mol. The number of nitrogens with zero attached hydrogens (tertiary/aromatic N) is 3. The van der Waals surface area contributed by atoms with Crippen molar-refractivity contribution in [1.29, 1.82) is 0 Å². The Kier molecular flexibility index (Phi) is 8.84. The van der Waals surface area contributed by atoms with Gasteiger partial charge < -0.3 is 15.2 Å². The highest BCUT2D eigenvalue weighted by Crippen LogP contribution is 2.27. The second-order valence-corrected chi connectivity index (χ2v) is 9.72. The van der Waals surface area contributed by atoms with Gasteiger partial charge in [0.1, 0.15) is 5.82 Å². The number of amides is 2. The predicted octanol–water partition coefficient (Wildman–Crippen LogP) is 4.83. The summed E-state index contributed by atoms with van der Waals surface area (Å²) in [6, 6.07) is 11.8. The maximum atomic E-state index is 13.8. The summed E-state index contributed by atoms with van der Waals surface area (Å²) in [6.07, 6.45) is 0. The fourth-order valence-electron chi connectivity index (χ4n) is 3.22. The Bertz CT molecular complexity index is 1150. The van der Waals surface area contributed by atoms with E-state index in [0.29, 0.717) is 17.5 Å². The van der Waals surface area contributed by atoms with E-state index in [-0.39, 0.29) is 29.7 Å². The molecule has 3 rings (SSSR count). The molecule has 0 aliphatic rings. The van der Waals surface area contributed by atoms with Gasteiger partial charge in [0.15, 0.2) is 11.0 Å². The standard InChI is InChI=1S/C23H25FIN5O2S/c1-4-30-20(12-26-22(32)16-7-5-6-8-18(16)24)28-29-23(30)33-13-21(31)27-19-10-9-15(25)11-17(19)14(2)3/h5-11,14H,4,12-13H2,1-3H3,(H,26,32)(H,27,31). The van der Waals surface area contributed by atoms with Crippen molar-refractivity contribution >= 4 is 51.9 Å². The number of rotatable bonds is 9. The molecule has 2 N–H and O–H groups in total. The lowest BCUT2D eigenvalue weighted by Crippen LogP contribution is -2.25. The Hall–Kier alpha value is -2.47. The van der Waals surface area contributed by atoms with Crippen LogP contribution in [0.3, 0.4) is 0 Å². The van der Waals surface area contributed by atoms with Crippen molar-refractivity contribution in [2.24, 2.45) is 0 Å². The van der Waals surface area contributed by atoms with Gasteiger partial charge in [-0.2, -0.15) is 0 Å². The molecule has 0 saturated carbocycles. The lowest BCUT2D eigenvalue weighted by Gasteiger charge is -2.14. The molecule has 0 radical (unpaired) electrons. The molecule has 10 heteroatoms. The summed E-state index contributed by atoms with van der Waals surface area (Å²) in [7, 11) is 0. The van der Waals surface area contributed by atoms with Crippen LogP contribution in [-0.2, 0) is 17.9 Å². The zero-order valence-corrected chi connectivity index (χ0v) is 21.5. The first-order valence-electron chi connectivity index (χ1n) is 10.5. The van der Waals surface area contributed by atoms with E-state index in [4.69, 9.17) is 0 Å². The van der Waals surface area contributed by atoms with Crippen molar-refractivity contribution in [3.63, 3.8) is 0 Å². The van der Waals surface area contributed by atoms with Gasteiger partial charge in [0, 0.05) is 15.8 Å². The van der Waals surface area contributed by atoms with E-state index < -0.39 is 11.7 Å². The van der Waals surface area contributed by atoms with Gasteiger partial charge in [-0.3, -0.25) is 9.59 Å². The molecule has 0 bridgehead atoms. The number of anilines is 1. The lowest BCUT2D eigenvalue weighted by molar-refractivity contribution is -0.113. The molecular weight excluding hydrogens is 556 g/mol. The molecule has 0 aliphatic heterocycles. The minimum atomic E-state index is -0.581. The lowest BCUT2D eigenvalue weighted by atomic mass is 10.0. The van der Waals surface area contributed by atoms with Gasteiger partial charge in [0.2, 0.25) is 5.91 Å². The SMILES string of the molecule is CCn1c(CNC(=O)c2ccccc2F)nnc1SCC(=O)Nc1ccc(I)cc1C(C)C. The number of thioether (sulfide) groups is 1. The van der Waals surface area contributed by atoms with E-state index in [1.807, 2.05) is 23.6 Å². The zero-order valence-electron chi connectivity index (χ0n) is 18.6. The average Bonchev–Trinajstić information content (AvgIpc) is 3.19. The molecule has 0 unspecified atom stereocenters. The molecule has 0 saturated heterocycles. The van der Waals surface area contributed by atoms with Crippen molar-refractivity contribution in [2.75, 3.05) is 11.1 Å². The highest BCUT2D eigenvalue weighted by molar-refractivity contribution is 14.1. The van der Waals surface area contributed by atoms with E-state index in [1.54, 1.807) is 6.07 Å². The third-order valence-corrected chi connectivity index (χ3v) is 6.52. The van der Waals surface area contributed by atoms with Crippen LogP contribution < -0.4 is 10.6 Å². The minimum absolute atomic E-state index is 0.0253. The van der Waals surface area contributed by atoms with Crippen molar-refractivity contribution in [2.45, 2.75) is 44.9 Å². The number of hydrogen-bond donors (Lipinski definition) is 2. The summed E-state index contributed by atoms with van der Waals surface area (Å²) in [5.41, 5.74) is 1.87. The first kappa shape index (κ1) is 25.2. The topological polar surface area (TPSA) is 88.9 Å². The summed E-state index contributed by atoms with van der Waals surface area (Å²) in [4.78, 5) is 24.8. The summed E-state index contributed by atoms with van der Waals surface area (Å²) >= 11 is 3.53. The van der Waals surface area contributed by atoms with Crippen LogP contribution in [0.4, 0.5) is 10.1 Å². The molecule has 7 nitrogen and oxygen atoms in total. The fraction of sp³-hybridized carbons (Fsp3) is 0.304. The molecule has 2 aromatic carbocycles. The Morgan fingerprint density at radius 2 is 1.94 bits per heavy atom. The molecule has 0 spiro atoms. The number of carbonyl (C=O) groups excluding carboxylic acids is 2. The molecule has 3 aromatic rings. The molecule has 0 atom stereocenters. The molecule has 2 amide bonds. The Morgan fingerprint density at radius 1 is 1.18 bits per heavy atom. The molecule has 1 heterocycles. The van der Waals surface area contributed by atoms with E-state index in [2.05, 4.69) is 63.3 Å². The first-order valence-corrected chi connectivity index (χ1v) is 12.5. The highest BCUT2D eigenvalue weighted by Gasteiger charge is 2.17. The molecule has 174 valence electrons. The zero-order chi connectivity index (χ0) is 24.0. The summed E-state index contributed by atoms with van der Waals surface area (Å²) in [6.45, 7) is 6.77. The van der Waals surface area contributed by atoms with Crippen molar-refractivity contribution < 1.29 is 14.0 Å². The van der Waals surface area contributed by atoms with E-state index in [0.717, 1.165) is 14.8 Å². The number of halogens is 2. The third-order valence-electron chi connectivity index (χ3n) is 4.88. The van der Waals surface area contributed by atoms with Crippen LogP contribution in [0.1, 0.15) is 48.4 Å². The minimum Gasteiger partial charge on any atom is -0.345 e. The quantitative estimate of drug-likeness (QED) is 0.280. The number of benzene rings is 2. The second-order valence-electron chi connectivity index (χ2n) is 7.53. The Balaban J connectivity index is 1.61. The van der Waals surface area contributed by atoms with Crippen LogP contribution in [0.5, 0.6) is 0 Å². The van der Waals surface area contributed by atoms with Crippen LogP contribution >= 0.6 is 34.4 Å². The van der Waals surface area contributed by atoms with Crippen LogP contribution in [0.15, 0.2) is 47.6 Å². The second kappa shape index (κ2) is 11.6. The largest absolute Gasteiger partial charge is 0.345 e. The molecule has 0 aliphatic carbocycles. The smallest absolute Gasteiger partial charge is 0.254 e. The van der Waals surface area contributed by atoms with Gasteiger partial charge in [-0.25, -0.2) is 4.39 Å². The van der Waals surface area contributed by atoms with Crippen molar-refractivity contribution in [1.82, 2.24) is 20.1 Å². The molecule has 33 heavy (non-hydrogen) atoms. The van der Waals surface area contributed by atoms with Gasteiger partial charge in [-0.1, -0.05) is 37.7 Å². The summed E-state index contributed by atoms with van der Waals surface area (Å²) < 4.78 is 16.7. The molecule has 0 fully saturated rings. The maximum Gasteiger partial charge on any atom is 0.254 e. The van der Waals surface area contributed by atoms with Crippen LogP contribution in [-0.4, -0.2) is 32.3 Å². The first-order chi connectivity index (χ1) is 15.8. The maximum absolute atomic E-state index is 13.8. The van der Waals surface area contributed by atoms with Crippen LogP contribution in [0.25, 0.3) is 0 Å². The normalized spacial score (nSPS) is 11.0. The van der Waals surface area contributed by atoms with Gasteiger partial charge in [0.05, 0.1) is 17.9 Å². The number of aromatic nitrogens is 3. The fourth-order valence-corrected chi connectivity index (χ4v) is 4.55. The third kappa shape index (κ3) is 6.53. The van der Waals surface area contributed by atoms with Crippen molar-refractivity contribution in [3.8, 4) is 0 Å². The van der Waals surface area contributed by atoms with Crippen LogP contribution in [0.2, 0.25) is 0 Å². The molecular formula is C23H25FIN5O2S. The van der Waals surface area contributed by atoms with Crippen LogP contribution in [0, 0.1) is 9.39 Å². The van der Waals surface area contributed by atoms with E-state index >= 15 is 0 Å². The van der Waals surface area contributed by atoms with Crippen molar-refractivity contribution in [3.05, 3.63) is 68.8 Å². The Morgan fingerprint density at radius 3 is 2.64 bits per heavy atom. The van der Waals surface area contributed by atoms with Gasteiger partial charge in [-0.05, 0) is 71.3 Å². The van der Waals surface area contributed by atoms with Gasteiger partial charge in [-0.15, -0.1) is 10.2 Å². The number of hydrogen-bond acceptors (Lipinski definition) is 5. The van der Waals surface area contributed by atoms with E-state index in [1.165, 1.54) is 30.0 Å². The average molecular weight is 581 g/mol. The monoisotopic (exact) mass is 581 g/mol. The number of nitrogens with one attached hydrogen (secondary N) is 2. The summed E-state index contributed by atoms with van der Waals surface area (Å²) in [5.74, 6) is -0.252.